The zero-order chi connectivity index (χ0) is 23.2. The number of nitrogens with zero attached hydrogens (tertiary/aromatic N) is 4. The summed E-state index contributed by atoms with van der Waals surface area (Å²) in [5.74, 6) is 1.66. The number of ether oxygens (including phenoxy) is 2. The van der Waals surface area contributed by atoms with Crippen LogP contribution >= 0.6 is 0 Å². The monoisotopic (exact) mass is 446 g/mol. The lowest BCUT2D eigenvalue weighted by Gasteiger charge is -2.41. The summed E-state index contributed by atoms with van der Waals surface area (Å²) in [5.41, 5.74) is 2.30. The van der Waals surface area contributed by atoms with E-state index in [1.165, 1.54) is 5.56 Å². The van der Waals surface area contributed by atoms with E-state index >= 15 is 0 Å². The van der Waals surface area contributed by atoms with E-state index in [1.54, 1.807) is 25.4 Å². The zero-order valence-corrected chi connectivity index (χ0v) is 19.3. The van der Waals surface area contributed by atoms with Gasteiger partial charge < -0.3 is 14.4 Å². The quantitative estimate of drug-likeness (QED) is 0.534. The Morgan fingerprint density at radius 1 is 1.03 bits per heavy atom. The van der Waals surface area contributed by atoms with E-state index in [0.29, 0.717) is 24.8 Å². The molecule has 0 saturated carbocycles. The number of amides is 1. The number of carbonyl (C=O) groups is 1. The van der Waals surface area contributed by atoms with E-state index in [0.717, 1.165) is 24.4 Å². The van der Waals surface area contributed by atoms with Crippen molar-refractivity contribution < 1.29 is 14.3 Å². The Morgan fingerprint density at radius 2 is 1.79 bits per heavy atom. The second kappa shape index (κ2) is 10.4. The van der Waals surface area contributed by atoms with E-state index in [1.807, 2.05) is 49.1 Å². The fourth-order valence-electron chi connectivity index (χ4n) is 4.04. The van der Waals surface area contributed by atoms with Gasteiger partial charge in [-0.1, -0.05) is 24.3 Å². The summed E-state index contributed by atoms with van der Waals surface area (Å²) in [6, 6.07) is 18.4. The Balaban J connectivity index is 1.52. The molecule has 0 aliphatic carbocycles. The number of hydrogen-bond acceptors (Lipinski definition) is 6. The summed E-state index contributed by atoms with van der Waals surface area (Å²) in [6.07, 6.45) is 3.44. The molecule has 3 aromatic rings. The molecule has 0 radical (unpaired) electrons. The van der Waals surface area contributed by atoms with Crippen LogP contribution in [0.25, 0.3) is 0 Å². The van der Waals surface area contributed by atoms with Crippen LogP contribution in [0.5, 0.6) is 17.5 Å². The average Bonchev–Trinajstić information content (AvgIpc) is 2.80. The average molecular weight is 447 g/mol. The molecule has 4 rings (SSSR count). The lowest BCUT2D eigenvalue weighted by molar-refractivity contribution is -0.132. The third-order valence-corrected chi connectivity index (χ3v) is 5.61. The van der Waals surface area contributed by atoms with Crippen LogP contribution in [0.15, 0.2) is 67.0 Å². The molecule has 1 saturated heterocycles. The van der Waals surface area contributed by atoms with Crippen molar-refractivity contribution in [2.45, 2.75) is 39.5 Å². The molecule has 2 heterocycles. The summed E-state index contributed by atoms with van der Waals surface area (Å²) < 4.78 is 11.6. The molecule has 1 aliphatic rings. The van der Waals surface area contributed by atoms with Crippen LogP contribution in [0.4, 0.5) is 0 Å². The molecule has 172 valence electrons. The van der Waals surface area contributed by atoms with Crippen LogP contribution in [0.2, 0.25) is 0 Å². The molecule has 7 nitrogen and oxygen atoms in total. The second-order valence-electron chi connectivity index (χ2n) is 8.47. The molecule has 1 amide bonds. The summed E-state index contributed by atoms with van der Waals surface area (Å²) >= 11 is 0. The van der Waals surface area contributed by atoms with Gasteiger partial charge in [0.05, 0.1) is 12.1 Å². The highest BCUT2D eigenvalue weighted by atomic mass is 16.5. The fraction of sp³-hybridized carbons (Fsp3) is 0.346. The maximum atomic E-state index is 12.1. The number of benzene rings is 2. The molecular formula is C26H30N4O3. The summed E-state index contributed by atoms with van der Waals surface area (Å²) in [5, 5.41) is 0. The van der Waals surface area contributed by atoms with Crippen LogP contribution < -0.4 is 9.47 Å². The number of carbonyl (C=O) groups excluding carboxylic acids is 1. The van der Waals surface area contributed by atoms with Gasteiger partial charge in [0.25, 0.3) is 0 Å². The highest BCUT2D eigenvalue weighted by molar-refractivity contribution is 5.73. The molecule has 33 heavy (non-hydrogen) atoms. The first-order valence-corrected chi connectivity index (χ1v) is 11.3. The van der Waals surface area contributed by atoms with Crippen molar-refractivity contribution in [3.05, 3.63) is 78.1 Å². The second-order valence-corrected chi connectivity index (χ2v) is 8.47. The van der Waals surface area contributed by atoms with Crippen molar-refractivity contribution >= 4 is 5.91 Å². The van der Waals surface area contributed by atoms with E-state index in [9.17, 15) is 4.79 Å². The lowest BCUT2D eigenvalue weighted by atomic mass is 10.0. The van der Waals surface area contributed by atoms with Crippen LogP contribution in [0.1, 0.15) is 37.9 Å². The van der Waals surface area contributed by atoms with Crippen LogP contribution in [0.3, 0.4) is 0 Å². The largest absolute Gasteiger partial charge is 0.491 e. The molecule has 1 aromatic heterocycles. The van der Waals surface area contributed by atoms with Crippen molar-refractivity contribution in [1.82, 2.24) is 19.8 Å². The maximum Gasteiger partial charge on any atom is 0.321 e. The number of piperazine rings is 1. The smallest absolute Gasteiger partial charge is 0.321 e. The summed E-state index contributed by atoms with van der Waals surface area (Å²) in [4.78, 5) is 24.7. The molecule has 0 N–H and O–H groups in total. The summed E-state index contributed by atoms with van der Waals surface area (Å²) in [6.45, 7) is 8.59. The van der Waals surface area contributed by atoms with Crippen LogP contribution in [0, 0.1) is 0 Å². The van der Waals surface area contributed by atoms with Gasteiger partial charge in [-0.2, -0.15) is 0 Å². The summed E-state index contributed by atoms with van der Waals surface area (Å²) in [7, 11) is 0. The molecule has 0 spiro atoms. The molecule has 1 atom stereocenters. The minimum atomic E-state index is 0.0952. The van der Waals surface area contributed by atoms with Crippen molar-refractivity contribution in [2.24, 2.45) is 0 Å². The Hall–Kier alpha value is -3.45. The van der Waals surface area contributed by atoms with E-state index in [4.69, 9.17) is 9.47 Å². The van der Waals surface area contributed by atoms with Gasteiger partial charge in [-0.05, 0) is 55.3 Å². The van der Waals surface area contributed by atoms with Gasteiger partial charge in [-0.3, -0.25) is 9.69 Å². The van der Waals surface area contributed by atoms with Gasteiger partial charge in [0, 0.05) is 45.5 Å². The zero-order valence-electron chi connectivity index (χ0n) is 19.3. The molecule has 1 unspecified atom stereocenters. The Labute approximate surface area is 195 Å². The predicted octanol–water partition coefficient (Wildman–Crippen LogP) is 4.46. The van der Waals surface area contributed by atoms with Gasteiger partial charge in [0.1, 0.15) is 11.5 Å². The van der Waals surface area contributed by atoms with Crippen molar-refractivity contribution in [3.63, 3.8) is 0 Å². The first-order chi connectivity index (χ1) is 16.0. The van der Waals surface area contributed by atoms with Crippen molar-refractivity contribution in [3.8, 4) is 17.5 Å². The topological polar surface area (TPSA) is 67.8 Å². The number of rotatable bonds is 7. The third kappa shape index (κ3) is 6.08. The Morgan fingerprint density at radius 3 is 2.48 bits per heavy atom. The minimum Gasteiger partial charge on any atom is -0.491 e. The van der Waals surface area contributed by atoms with Crippen LogP contribution in [-0.2, 0) is 11.3 Å². The lowest BCUT2D eigenvalue weighted by Crippen LogP contribution is -2.49. The van der Waals surface area contributed by atoms with E-state index in [2.05, 4.69) is 33.1 Å². The SMILES string of the molecule is CC(=O)N1CCN(Cc2cccc(Oc3ncccn3)c2)C(c2ccc(OC(C)C)cc2)C1. The van der Waals surface area contributed by atoms with E-state index in [-0.39, 0.29) is 18.1 Å². The van der Waals surface area contributed by atoms with Gasteiger partial charge in [0.15, 0.2) is 0 Å². The first kappa shape index (κ1) is 22.7. The third-order valence-electron chi connectivity index (χ3n) is 5.61. The normalized spacial score (nSPS) is 16.6. The first-order valence-electron chi connectivity index (χ1n) is 11.3. The maximum absolute atomic E-state index is 12.1. The Kier molecular flexibility index (Phi) is 7.19. The predicted molar refractivity (Wildman–Crippen MR) is 126 cm³/mol. The number of aromatic nitrogens is 2. The standard InChI is InChI=1S/C26H30N4O3/c1-19(2)32-23-10-8-22(9-11-23)25-18-29(20(3)31)14-15-30(25)17-21-6-4-7-24(16-21)33-26-27-12-5-13-28-26/h4-13,16,19,25H,14-15,17-18H2,1-3H3. The number of hydrogen-bond donors (Lipinski definition) is 0. The molecule has 1 fully saturated rings. The highest BCUT2D eigenvalue weighted by Gasteiger charge is 2.29. The minimum absolute atomic E-state index is 0.0952. The molecular weight excluding hydrogens is 416 g/mol. The van der Waals surface area contributed by atoms with Gasteiger partial charge >= 0.3 is 6.01 Å². The van der Waals surface area contributed by atoms with Crippen LogP contribution in [-0.4, -0.2) is 51.4 Å². The van der Waals surface area contributed by atoms with E-state index < -0.39 is 0 Å². The van der Waals surface area contributed by atoms with Crippen molar-refractivity contribution in [2.75, 3.05) is 19.6 Å². The fourth-order valence-corrected chi connectivity index (χ4v) is 4.04. The highest BCUT2D eigenvalue weighted by Crippen LogP contribution is 2.30. The Bertz CT molecular complexity index is 1060. The van der Waals surface area contributed by atoms with Gasteiger partial charge in [0.2, 0.25) is 5.91 Å². The van der Waals surface area contributed by atoms with Gasteiger partial charge in [-0.25, -0.2) is 9.97 Å². The molecule has 7 heteroatoms. The molecule has 0 bridgehead atoms. The molecule has 2 aromatic carbocycles. The van der Waals surface area contributed by atoms with Crippen molar-refractivity contribution in [1.29, 1.82) is 0 Å². The molecule has 1 aliphatic heterocycles. The van der Waals surface area contributed by atoms with Gasteiger partial charge in [-0.15, -0.1) is 0 Å².